The van der Waals surface area contributed by atoms with Gasteiger partial charge in [0, 0.05) is 39.6 Å². The van der Waals surface area contributed by atoms with Crippen LogP contribution in [0.1, 0.15) is 16.3 Å². The number of ether oxygens (including phenoxy) is 1. The molecule has 3 rings (SSSR count). The Morgan fingerprint density at radius 1 is 1.19 bits per heavy atom. The largest absolute Gasteiger partial charge is 0.493 e. The number of benzene rings is 1. The molecule has 2 heterocycles. The fraction of sp³-hybridized carbons (Fsp3) is 0.250. The van der Waals surface area contributed by atoms with Gasteiger partial charge in [0.15, 0.2) is 0 Å². The Hall–Kier alpha value is -2.14. The van der Waals surface area contributed by atoms with E-state index in [-0.39, 0.29) is 0 Å². The quantitative estimate of drug-likeness (QED) is 0.749. The molecule has 3 aromatic rings. The van der Waals surface area contributed by atoms with Crippen molar-refractivity contribution in [3.8, 4) is 5.75 Å². The van der Waals surface area contributed by atoms with Crippen LogP contribution in [0, 0.1) is 13.8 Å². The molecule has 5 heteroatoms. The highest BCUT2D eigenvalue weighted by Crippen LogP contribution is 2.30. The van der Waals surface area contributed by atoms with Gasteiger partial charge in [-0.2, -0.15) is 0 Å². The van der Waals surface area contributed by atoms with Gasteiger partial charge < -0.3 is 10.5 Å². The number of anilines is 1. The van der Waals surface area contributed by atoms with E-state index in [1.54, 1.807) is 17.5 Å². The molecular formula is C16H17N3OS. The van der Waals surface area contributed by atoms with Crippen LogP contribution in [-0.4, -0.2) is 16.6 Å². The molecule has 0 aliphatic carbocycles. The third-order valence-electron chi connectivity index (χ3n) is 3.46. The predicted molar refractivity (Wildman–Crippen MR) is 86.9 cm³/mol. The van der Waals surface area contributed by atoms with E-state index in [0.717, 1.165) is 40.0 Å². The first kappa shape index (κ1) is 13.8. The van der Waals surface area contributed by atoms with E-state index in [1.165, 1.54) is 4.88 Å². The zero-order valence-corrected chi connectivity index (χ0v) is 12.9. The number of hydrogen-bond acceptors (Lipinski definition) is 5. The molecule has 2 N–H and O–H groups in total. The van der Waals surface area contributed by atoms with Crippen LogP contribution in [-0.2, 0) is 6.42 Å². The Morgan fingerprint density at radius 2 is 2.05 bits per heavy atom. The molecule has 0 spiro atoms. The first-order chi connectivity index (χ1) is 10.1. The Bertz CT molecular complexity index is 782. The summed E-state index contributed by atoms with van der Waals surface area (Å²) in [5.41, 5.74) is 10.6. The van der Waals surface area contributed by atoms with Crippen LogP contribution < -0.4 is 10.5 Å². The maximum Gasteiger partial charge on any atom is 0.127 e. The fourth-order valence-corrected chi connectivity index (χ4v) is 3.05. The zero-order chi connectivity index (χ0) is 14.8. The lowest BCUT2D eigenvalue weighted by Gasteiger charge is -2.11. The highest BCUT2D eigenvalue weighted by atomic mass is 32.1. The average Bonchev–Trinajstić information content (AvgIpc) is 2.87. The maximum atomic E-state index is 6.00. The van der Waals surface area contributed by atoms with Crippen LogP contribution in [0.15, 0.2) is 29.9 Å². The third kappa shape index (κ3) is 2.83. The molecule has 0 bridgehead atoms. The van der Waals surface area contributed by atoms with Crippen LogP contribution in [0.25, 0.3) is 10.8 Å². The van der Waals surface area contributed by atoms with Gasteiger partial charge in [-0.05, 0) is 32.0 Å². The molecule has 0 atom stereocenters. The van der Waals surface area contributed by atoms with Crippen molar-refractivity contribution < 1.29 is 4.74 Å². The summed E-state index contributed by atoms with van der Waals surface area (Å²) in [7, 11) is 0. The topological polar surface area (TPSA) is 61.0 Å². The summed E-state index contributed by atoms with van der Waals surface area (Å²) in [5, 5.41) is 1.95. The Labute approximate surface area is 127 Å². The van der Waals surface area contributed by atoms with Crippen LogP contribution in [0.2, 0.25) is 0 Å². The number of nitrogen functional groups attached to an aromatic ring is 1. The van der Waals surface area contributed by atoms with Gasteiger partial charge in [0.05, 0.1) is 17.8 Å². The monoisotopic (exact) mass is 299 g/mol. The number of aromatic nitrogens is 2. The molecule has 0 unspecified atom stereocenters. The number of nitrogens with zero attached hydrogens (tertiary/aromatic N) is 2. The second-order valence-corrected chi connectivity index (χ2v) is 5.92. The second kappa shape index (κ2) is 5.69. The first-order valence-electron chi connectivity index (χ1n) is 6.82. The molecule has 108 valence electrons. The molecule has 0 aliphatic heterocycles. The molecule has 0 saturated carbocycles. The van der Waals surface area contributed by atoms with Gasteiger partial charge in [-0.1, -0.05) is 0 Å². The van der Waals surface area contributed by atoms with Crippen molar-refractivity contribution in [3.63, 3.8) is 0 Å². The van der Waals surface area contributed by atoms with Gasteiger partial charge >= 0.3 is 0 Å². The van der Waals surface area contributed by atoms with Crippen molar-refractivity contribution in [1.82, 2.24) is 9.97 Å². The summed E-state index contributed by atoms with van der Waals surface area (Å²) in [4.78, 5) is 9.82. The highest BCUT2D eigenvalue weighted by Gasteiger charge is 2.07. The molecule has 0 aliphatic rings. The van der Waals surface area contributed by atoms with Crippen molar-refractivity contribution in [1.29, 1.82) is 0 Å². The molecule has 2 aromatic heterocycles. The SMILES string of the molecule is Cc1cc2c(OCCc3scnc3C)ccc(N)c2cn1. The standard InChI is InChI=1S/C16H17N3OS/c1-10-7-12-13(8-18-10)14(17)3-4-15(12)20-6-5-16-11(2)19-9-21-16/h3-4,7-9H,5-6,17H2,1-2H3. The number of hydrogen-bond donors (Lipinski definition) is 1. The number of aryl methyl sites for hydroxylation is 2. The molecule has 21 heavy (non-hydrogen) atoms. The summed E-state index contributed by atoms with van der Waals surface area (Å²) in [6.45, 7) is 4.62. The van der Waals surface area contributed by atoms with Crippen molar-refractivity contribution in [2.75, 3.05) is 12.3 Å². The van der Waals surface area contributed by atoms with E-state index in [0.29, 0.717) is 6.61 Å². The summed E-state index contributed by atoms with van der Waals surface area (Å²) in [6.07, 6.45) is 2.67. The number of rotatable bonds is 4. The van der Waals surface area contributed by atoms with Crippen molar-refractivity contribution in [2.24, 2.45) is 0 Å². The number of fused-ring (bicyclic) bond motifs is 1. The zero-order valence-electron chi connectivity index (χ0n) is 12.1. The average molecular weight is 299 g/mol. The Morgan fingerprint density at radius 3 is 2.81 bits per heavy atom. The smallest absolute Gasteiger partial charge is 0.127 e. The van der Waals surface area contributed by atoms with Crippen LogP contribution in [0.5, 0.6) is 5.75 Å². The molecule has 0 radical (unpaired) electrons. The van der Waals surface area contributed by atoms with Gasteiger partial charge in [0.1, 0.15) is 5.75 Å². The van der Waals surface area contributed by atoms with Gasteiger partial charge in [-0.15, -0.1) is 11.3 Å². The molecule has 0 fully saturated rings. The lowest BCUT2D eigenvalue weighted by molar-refractivity contribution is 0.326. The van der Waals surface area contributed by atoms with E-state index < -0.39 is 0 Å². The minimum Gasteiger partial charge on any atom is -0.493 e. The van der Waals surface area contributed by atoms with E-state index in [2.05, 4.69) is 9.97 Å². The normalized spacial score (nSPS) is 11.0. The summed E-state index contributed by atoms with van der Waals surface area (Å²) in [6, 6.07) is 5.81. The first-order valence-corrected chi connectivity index (χ1v) is 7.69. The van der Waals surface area contributed by atoms with Crippen molar-refractivity contribution in [3.05, 3.63) is 46.2 Å². The third-order valence-corrected chi connectivity index (χ3v) is 4.46. The lowest BCUT2D eigenvalue weighted by Crippen LogP contribution is -2.02. The van der Waals surface area contributed by atoms with Crippen molar-refractivity contribution >= 4 is 27.8 Å². The van der Waals surface area contributed by atoms with Gasteiger partial charge in [-0.3, -0.25) is 4.98 Å². The lowest BCUT2D eigenvalue weighted by atomic mass is 10.1. The minimum absolute atomic E-state index is 0.628. The summed E-state index contributed by atoms with van der Waals surface area (Å²) < 4.78 is 5.95. The number of nitrogens with two attached hydrogens (primary N) is 1. The van der Waals surface area contributed by atoms with E-state index in [1.807, 2.05) is 37.6 Å². The Balaban J connectivity index is 1.82. The maximum absolute atomic E-state index is 6.00. The molecule has 0 saturated heterocycles. The van der Waals surface area contributed by atoms with E-state index >= 15 is 0 Å². The van der Waals surface area contributed by atoms with E-state index in [9.17, 15) is 0 Å². The van der Waals surface area contributed by atoms with Gasteiger partial charge in [-0.25, -0.2) is 4.98 Å². The molecular weight excluding hydrogens is 282 g/mol. The molecule has 4 nitrogen and oxygen atoms in total. The number of pyridine rings is 1. The van der Waals surface area contributed by atoms with Crippen molar-refractivity contribution in [2.45, 2.75) is 20.3 Å². The van der Waals surface area contributed by atoms with Gasteiger partial charge in [0.2, 0.25) is 0 Å². The minimum atomic E-state index is 0.628. The summed E-state index contributed by atoms with van der Waals surface area (Å²) in [5.74, 6) is 0.854. The molecule has 0 amide bonds. The van der Waals surface area contributed by atoms with Crippen LogP contribution >= 0.6 is 11.3 Å². The summed E-state index contributed by atoms with van der Waals surface area (Å²) >= 11 is 1.67. The Kier molecular flexibility index (Phi) is 3.75. The fourth-order valence-electron chi connectivity index (χ4n) is 2.28. The van der Waals surface area contributed by atoms with Gasteiger partial charge in [0.25, 0.3) is 0 Å². The van der Waals surface area contributed by atoms with Crippen LogP contribution in [0.4, 0.5) is 5.69 Å². The van der Waals surface area contributed by atoms with Crippen LogP contribution in [0.3, 0.4) is 0 Å². The molecule has 1 aromatic carbocycles. The van der Waals surface area contributed by atoms with E-state index in [4.69, 9.17) is 10.5 Å². The second-order valence-electron chi connectivity index (χ2n) is 4.98. The highest BCUT2D eigenvalue weighted by molar-refractivity contribution is 7.09. The number of thiazole rings is 1. The predicted octanol–water partition coefficient (Wildman–Crippen LogP) is 3.51.